The zero-order valence-electron chi connectivity index (χ0n) is 14.4. The van der Waals surface area contributed by atoms with E-state index in [-0.39, 0.29) is 0 Å². The predicted octanol–water partition coefficient (Wildman–Crippen LogP) is 5.30. The van der Waals surface area contributed by atoms with E-state index >= 15 is 0 Å². The van der Waals surface area contributed by atoms with Crippen molar-refractivity contribution in [2.45, 2.75) is 6.54 Å². The van der Waals surface area contributed by atoms with Crippen LogP contribution in [-0.4, -0.2) is 25.2 Å². The van der Waals surface area contributed by atoms with Crippen molar-refractivity contribution in [2.24, 2.45) is 0 Å². The van der Waals surface area contributed by atoms with Crippen LogP contribution in [0.25, 0.3) is 16.9 Å². The summed E-state index contributed by atoms with van der Waals surface area (Å²) in [5.41, 5.74) is 3.18. The molecule has 0 atom stereocenters. The number of nitrogens with zero attached hydrogens (tertiary/aromatic N) is 5. The third kappa shape index (κ3) is 3.67. The first kappa shape index (κ1) is 18.7. The Morgan fingerprint density at radius 2 is 1.71 bits per heavy atom. The summed E-state index contributed by atoms with van der Waals surface area (Å²) < 4.78 is 1.50. The molecule has 0 bridgehead atoms. The van der Waals surface area contributed by atoms with E-state index in [0.717, 1.165) is 16.8 Å². The van der Waals surface area contributed by atoms with Gasteiger partial charge in [-0.05, 0) is 40.3 Å². The van der Waals surface area contributed by atoms with Crippen molar-refractivity contribution in [1.82, 2.24) is 25.2 Å². The fourth-order valence-electron chi connectivity index (χ4n) is 2.77. The summed E-state index contributed by atoms with van der Waals surface area (Å²) in [5.74, 6) is 0.429. The summed E-state index contributed by atoms with van der Waals surface area (Å²) in [5, 5.41) is 16.4. The molecule has 140 valence electrons. The Kier molecular flexibility index (Phi) is 5.43. The predicted molar refractivity (Wildman–Crippen MR) is 111 cm³/mol. The standard InChI is InChI=1S/C19H13Cl3N6/c20-14-7-2-1-6-13(14)18-12(5-4-10-23-18)11-24-19-25-26-27-28(19)16-9-3-8-15(21)17(16)22/h1-10H,11H2,(H,24,25,27). The maximum atomic E-state index is 6.34. The SMILES string of the molecule is Clc1ccccc1-c1ncccc1CNc1nnnn1-c1cccc(Cl)c1Cl. The number of hydrogen-bond acceptors (Lipinski definition) is 5. The van der Waals surface area contributed by atoms with Gasteiger partial charge in [-0.3, -0.25) is 4.98 Å². The van der Waals surface area contributed by atoms with Gasteiger partial charge < -0.3 is 5.32 Å². The minimum absolute atomic E-state index is 0.373. The highest BCUT2D eigenvalue weighted by Gasteiger charge is 2.15. The van der Waals surface area contributed by atoms with E-state index in [1.165, 1.54) is 4.68 Å². The minimum atomic E-state index is 0.373. The zero-order chi connectivity index (χ0) is 19.5. The monoisotopic (exact) mass is 430 g/mol. The summed E-state index contributed by atoms with van der Waals surface area (Å²) >= 11 is 18.7. The van der Waals surface area contributed by atoms with Gasteiger partial charge in [0.05, 0.1) is 21.4 Å². The molecule has 4 aromatic rings. The Bertz CT molecular complexity index is 1130. The lowest BCUT2D eigenvalue weighted by atomic mass is 10.1. The van der Waals surface area contributed by atoms with Crippen LogP contribution in [0.4, 0.5) is 5.95 Å². The lowest BCUT2D eigenvalue weighted by Gasteiger charge is -2.12. The molecule has 0 amide bonds. The van der Waals surface area contributed by atoms with Crippen LogP contribution in [0.1, 0.15) is 5.56 Å². The average molecular weight is 432 g/mol. The van der Waals surface area contributed by atoms with Crippen LogP contribution in [0.3, 0.4) is 0 Å². The second-order valence-electron chi connectivity index (χ2n) is 5.83. The Morgan fingerprint density at radius 3 is 2.57 bits per heavy atom. The van der Waals surface area contributed by atoms with Gasteiger partial charge in [0.1, 0.15) is 0 Å². The number of hydrogen-bond donors (Lipinski definition) is 1. The molecule has 2 aromatic heterocycles. The van der Waals surface area contributed by atoms with Crippen LogP contribution in [0.15, 0.2) is 60.8 Å². The normalized spacial score (nSPS) is 10.8. The van der Waals surface area contributed by atoms with Gasteiger partial charge >= 0.3 is 0 Å². The largest absolute Gasteiger partial charge is 0.349 e. The van der Waals surface area contributed by atoms with E-state index in [0.29, 0.717) is 33.2 Å². The van der Waals surface area contributed by atoms with Crippen molar-refractivity contribution in [3.63, 3.8) is 0 Å². The number of aromatic nitrogens is 5. The van der Waals surface area contributed by atoms with Crippen LogP contribution in [-0.2, 0) is 6.54 Å². The van der Waals surface area contributed by atoms with Crippen molar-refractivity contribution < 1.29 is 0 Å². The number of pyridine rings is 1. The summed E-state index contributed by atoms with van der Waals surface area (Å²) in [7, 11) is 0. The van der Waals surface area contributed by atoms with Crippen LogP contribution >= 0.6 is 34.8 Å². The highest BCUT2D eigenvalue weighted by molar-refractivity contribution is 6.43. The van der Waals surface area contributed by atoms with E-state index in [4.69, 9.17) is 34.8 Å². The van der Waals surface area contributed by atoms with Gasteiger partial charge in [-0.25, -0.2) is 0 Å². The van der Waals surface area contributed by atoms with Gasteiger partial charge in [0.25, 0.3) is 0 Å². The molecule has 0 spiro atoms. The second kappa shape index (κ2) is 8.14. The molecule has 0 saturated heterocycles. The van der Waals surface area contributed by atoms with Gasteiger partial charge in [-0.1, -0.05) is 70.2 Å². The number of halogens is 3. The molecule has 0 fully saturated rings. The van der Waals surface area contributed by atoms with Crippen LogP contribution in [0, 0.1) is 0 Å². The average Bonchev–Trinajstić information content (AvgIpc) is 3.17. The molecule has 1 N–H and O–H groups in total. The third-order valence-electron chi connectivity index (χ3n) is 4.09. The van der Waals surface area contributed by atoms with Gasteiger partial charge in [0.2, 0.25) is 5.95 Å². The molecule has 2 heterocycles. The zero-order valence-corrected chi connectivity index (χ0v) is 16.6. The first-order valence-electron chi connectivity index (χ1n) is 8.30. The van der Waals surface area contributed by atoms with E-state index in [9.17, 15) is 0 Å². The lowest BCUT2D eigenvalue weighted by molar-refractivity contribution is 0.789. The summed E-state index contributed by atoms with van der Waals surface area (Å²) in [6.07, 6.45) is 1.73. The number of nitrogens with one attached hydrogen (secondary N) is 1. The molecule has 0 radical (unpaired) electrons. The van der Waals surface area contributed by atoms with E-state index in [2.05, 4.69) is 25.8 Å². The number of benzene rings is 2. The first-order valence-corrected chi connectivity index (χ1v) is 9.44. The second-order valence-corrected chi connectivity index (χ2v) is 7.02. The number of anilines is 1. The van der Waals surface area contributed by atoms with Gasteiger partial charge in [0, 0.05) is 23.3 Å². The lowest BCUT2D eigenvalue weighted by Crippen LogP contribution is -2.09. The molecule has 0 aliphatic rings. The van der Waals surface area contributed by atoms with E-state index in [1.54, 1.807) is 24.4 Å². The van der Waals surface area contributed by atoms with Crippen LogP contribution in [0.2, 0.25) is 15.1 Å². The fraction of sp³-hybridized carbons (Fsp3) is 0.0526. The summed E-state index contributed by atoms with van der Waals surface area (Å²) in [6, 6.07) is 16.7. The maximum absolute atomic E-state index is 6.34. The molecule has 0 saturated carbocycles. The van der Waals surface area contributed by atoms with E-state index < -0.39 is 0 Å². The fourth-order valence-corrected chi connectivity index (χ4v) is 3.37. The van der Waals surface area contributed by atoms with Crippen LogP contribution in [0.5, 0.6) is 0 Å². The summed E-state index contributed by atoms with van der Waals surface area (Å²) in [6.45, 7) is 0.437. The molecule has 2 aromatic carbocycles. The summed E-state index contributed by atoms with van der Waals surface area (Å²) in [4.78, 5) is 4.49. The quantitative estimate of drug-likeness (QED) is 0.464. The van der Waals surface area contributed by atoms with Crippen molar-refractivity contribution in [3.8, 4) is 16.9 Å². The molecular weight excluding hydrogens is 419 g/mol. The highest BCUT2D eigenvalue weighted by Crippen LogP contribution is 2.30. The van der Waals surface area contributed by atoms with Crippen molar-refractivity contribution >= 4 is 40.8 Å². The molecule has 0 unspecified atom stereocenters. The number of rotatable bonds is 5. The molecule has 9 heteroatoms. The highest BCUT2D eigenvalue weighted by atomic mass is 35.5. The first-order chi connectivity index (χ1) is 13.6. The van der Waals surface area contributed by atoms with Gasteiger partial charge in [-0.15, -0.1) is 0 Å². The third-order valence-corrected chi connectivity index (χ3v) is 5.22. The smallest absolute Gasteiger partial charge is 0.248 e. The van der Waals surface area contributed by atoms with Crippen molar-refractivity contribution in [3.05, 3.63) is 81.4 Å². The minimum Gasteiger partial charge on any atom is -0.349 e. The Morgan fingerprint density at radius 1 is 0.893 bits per heavy atom. The Hall–Kier alpha value is -2.67. The molecule has 0 aliphatic carbocycles. The number of tetrazole rings is 1. The van der Waals surface area contributed by atoms with Crippen molar-refractivity contribution in [2.75, 3.05) is 5.32 Å². The van der Waals surface area contributed by atoms with Crippen LogP contribution < -0.4 is 5.32 Å². The molecule has 6 nitrogen and oxygen atoms in total. The Balaban J connectivity index is 1.64. The van der Waals surface area contributed by atoms with Gasteiger partial charge in [0.15, 0.2) is 0 Å². The molecule has 0 aliphatic heterocycles. The van der Waals surface area contributed by atoms with Gasteiger partial charge in [-0.2, -0.15) is 4.68 Å². The molecule has 28 heavy (non-hydrogen) atoms. The van der Waals surface area contributed by atoms with E-state index in [1.807, 2.05) is 36.4 Å². The molecular formula is C19H13Cl3N6. The molecule has 4 rings (SSSR count). The maximum Gasteiger partial charge on any atom is 0.248 e. The Labute approximate surface area is 176 Å². The van der Waals surface area contributed by atoms with Crippen molar-refractivity contribution in [1.29, 1.82) is 0 Å². The topological polar surface area (TPSA) is 68.5 Å².